The molecule has 3 N–H and O–H groups in total. The molecule has 1 aliphatic heterocycles. The number of nitrogens with zero attached hydrogens (tertiary/aromatic N) is 3. The smallest absolute Gasteiger partial charge is 0.154 e. The van der Waals surface area contributed by atoms with Crippen molar-refractivity contribution in [1.82, 2.24) is 14.5 Å². The largest absolute Gasteiger partial charge is 0.399 e. The normalized spacial score (nSPS) is 12.1. The van der Waals surface area contributed by atoms with E-state index in [0.29, 0.717) is 5.69 Å². The highest BCUT2D eigenvalue weighted by atomic mass is 15.2. The minimum atomic E-state index is 0.709. The van der Waals surface area contributed by atoms with Gasteiger partial charge in [-0.15, -0.1) is 0 Å². The van der Waals surface area contributed by atoms with Crippen LogP contribution in [0.3, 0.4) is 0 Å². The average Bonchev–Trinajstić information content (AvgIpc) is 3.12. The van der Waals surface area contributed by atoms with Crippen LogP contribution in [0.4, 0.5) is 17.2 Å². The van der Waals surface area contributed by atoms with Crippen LogP contribution < -0.4 is 11.1 Å². The van der Waals surface area contributed by atoms with Crippen molar-refractivity contribution in [2.75, 3.05) is 11.1 Å². The van der Waals surface area contributed by atoms with Crippen LogP contribution in [0.15, 0.2) is 98.2 Å². The number of pyridine rings is 1. The fraction of sp³-hybridized carbons (Fsp3) is 0. The minimum Gasteiger partial charge on any atom is -0.399 e. The first kappa shape index (κ1) is 18.6. The lowest BCUT2D eigenvalue weighted by Crippen LogP contribution is -2.03. The van der Waals surface area contributed by atoms with E-state index in [0.717, 1.165) is 51.1 Å². The van der Waals surface area contributed by atoms with Crippen molar-refractivity contribution in [1.29, 1.82) is 0 Å². The van der Waals surface area contributed by atoms with Crippen LogP contribution in [0.2, 0.25) is 0 Å². The lowest BCUT2D eigenvalue weighted by atomic mass is 10.0. The molecular weight excluding hydrogens is 382 g/mol. The molecule has 4 aromatic rings. The number of hydrogen-bond acceptors (Lipinski definition) is 4. The van der Waals surface area contributed by atoms with E-state index in [1.54, 1.807) is 12.3 Å². The molecule has 0 atom stereocenters. The molecular formula is C26H21N5. The van der Waals surface area contributed by atoms with Gasteiger partial charge in [-0.25, -0.2) is 9.97 Å². The zero-order valence-corrected chi connectivity index (χ0v) is 16.9. The number of allylic oxidation sites excluding steroid dienone is 4. The Kier molecular flexibility index (Phi) is 4.49. The Morgan fingerprint density at radius 3 is 2.58 bits per heavy atom. The zero-order chi connectivity index (χ0) is 21.4. The third kappa shape index (κ3) is 3.04. The molecule has 0 radical (unpaired) electrons. The van der Waals surface area contributed by atoms with E-state index in [1.807, 2.05) is 66.7 Å². The number of aromatic nitrogens is 3. The van der Waals surface area contributed by atoms with E-state index in [4.69, 9.17) is 10.7 Å². The highest BCUT2D eigenvalue weighted by molar-refractivity contribution is 5.91. The Bertz CT molecular complexity index is 1340. The molecule has 5 heteroatoms. The predicted molar refractivity (Wildman–Crippen MR) is 128 cm³/mol. The Balaban J connectivity index is 1.94. The van der Waals surface area contributed by atoms with Gasteiger partial charge in [-0.05, 0) is 36.4 Å². The van der Waals surface area contributed by atoms with Crippen LogP contribution in [0.5, 0.6) is 0 Å². The quantitative estimate of drug-likeness (QED) is 0.285. The average molecular weight is 403 g/mol. The SMILES string of the molecule is C=CC=C(C=C)c1c(-c2ccc(N)cc2)nc2n1-c1cccnc1Nc1ccccc1-2. The molecule has 1 aliphatic rings. The topological polar surface area (TPSA) is 68.8 Å². The van der Waals surface area contributed by atoms with Gasteiger partial charge in [0.05, 0.1) is 22.8 Å². The molecule has 2 aromatic carbocycles. The number of rotatable bonds is 4. The van der Waals surface area contributed by atoms with Gasteiger partial charge in [0.25, 0.3) is 0 Å². The van der Waals surface area contributed by atoms with Crippen LogP contribution in [0, 0.1) is 0 Å². The van der Waals surface area contributed by atoms with Gasteiger partial charge in [0.15, 0.2) is 5.82 Å². The number of fused-ring (bicyclic) bond motifs is 5. The molecule has 31 heavy (non-hydrogen) atoms. The van der Waals surface area contributed by atoms with E-state index in [9.17, 15) is 0 Å². The van der Waals surface area contributed by atoms with Gasteiger partial charge < -0.3 is 11.1 Å². The van der Waals surface area contributed by atoms with Crippen LogP contribution in [0.25, 0.3) is 33.9 Å². The van der Waals surface area contributed by atoms with Crippen molar-refractivity contribution in [2.45, 2.75) is 0 Å². The maximum atomic E-state index is 5.94. The van der Waals surface area contributed by atoms with E-state index in [1.165, 1.54) is 0 Å². The van der Waals surface area contributed by atoms with E-state index >= 15 is 0 Å². The second-order valence-corrected chi connectivity index (χ2v) is 7.19. The first-order chi connectivity index (χ1) is 15.2. The van der Waals surface area contributed by atoms with E-state index in [-0.39, 0.29) is 0 Å². The molecule has 3 heterocycles. The van der Waals surface area contributed by atoms with Gasteiger partial charge in [0.1, 0.15) is 5.82 Å². The molecule has 0 saturated carbocycles. The number of para-hydroxylation sites is 1. The van der Waals surface area contributed by atoms with Crippen LogP contribution >= 0.6 is 0 Å². The highest BCUT2D eigenvalue weighted by Gasteiger charge is 2.27. The maximum absolute atomic E-state index is 5.94. The Morgan fingerprint density at radius 1 is 1.00 bits per heavy atom. The predicted octanol–water partition coefficient (Wildman–Crippen LogP) is 6.00. The molecule has 0 unspecified atom stereocenters. The third-order valence-electron chi connectivity index (χ3n) is 5.30. The fourth-order valence-electron chi connectivity index (χ4n) is 3.90. The fourth-order valence-corrected chi connectivity index (χ4v) is 3.90. The Labute approximate surface area is 180 Å². The summed E-state index contributed by atoms with van der Waals surface area (Å²) < 4.78 is 2.14. The van der Waals surface area contributed by atoms with Crippen molar-refractivity contribution in [3.63, 3.8) is 0 Å². The number of hydrogen-bond donors (Lipinski definition) is 2. The van der Waals surface area contributed by atoms with Crippen molar-refractivity contribution in [3.8, 4) is 28.3 Å². The zero-order valence-electron chi connectivity index (χ0n) is 16.9. The minimum absolute atomic E-state index is 0.709. The van der Waals surface area contributed by atoms with Gasteiger partial charge in [-0.3, -0.25) is 4.57 Å². The van der Waals surface area contributed by atoms with E-state index < -0.39 is 0 Å². The van der Waals surface area contributed by atoms with Crippen LogP contribution in [0.1, 0.15) is 5.69 Å². The number of anilines is 3. The van der Waals surface area contributed by atoms with Crippen molar-refractivity contribution >= 4 is 22.8 Å². The number of nitrogens with one attached hydrogen (secondary N) is 1. The van der Waals surface area contributed by atoms with Crippen LogP contribution in [-0.2, 0) is 0 Å². The molecule has 2 aromatic heterocycles. The second-order valence-electron chi connectivity index (χ2n) is 7.19. The van der Waals surface area contributed by atoms with Crippen LogP contribution in [-0.4, -0.2) is 14.5 Å². The highest BCUT2D eigenvalue weighted by Crippen LogP contribution is 2.42. The van der Waals surface area contributed by atoms with E-state index in [2.05, 4.69) is 34.1 Å². The molecule has 5 nitrogen and oxygen atoms in total. The molecule has 0 amide bonds. The number of nitrogens with two attached hydrogens (primary N) is 1. The van der Waals surface area contributed by atoms with Gasteiger partial charge >= 0.3 is 0 Å². The Hall–Kier alpha value is -4.38. The molecule has 0 spiro atoms. The summed E-state index contributed by atoms with van der Waals surface area (Å²) in [6, 6.07) is 19.8. The lowest BCUT2D eigenvalue weighted by Gasteiger charge is -2.14. The standard InChI is InChI=1S/C26H21N5/c1-3-8-17(4-2)24-23(18-12-14-19(27)15-13-18)30-26-20-9-5-6-10-21(20)29-25-22(31(24)26)11-7-16-28-25/h3-16H,1-2,27H2,(H,28,29). The number of benzene rings is 2. The molecule has 150 valence electrons. The monoisotopic (exact) mass is 403 g/mol. The Morgan fingerprint density at radius 2 is 1.81 bits per heavy atom. The molecule has 5 rings (SSSR count). The molecule has 0 aliphatic carbocycles. The van der Waals surface area contributed by atoms with Crippen molar-refractivity contribution < 1.29 is 0 Å². The van der Waals surface area contributed by atoms with Gasteiger partial charge in [0.2, 0.25) is 0 Å². The second kappa shape index (κ2) is 7.46. The summed E-state index contributed by atoms with van der Waals surface area (Å²) in [4.78, 5) is 9.73. The summed E-state index contributed by atoms with van der Waals surface area (Å²) in [5.74, 6) is 1.59. The lowest BCUT2D eigenvalue weighted by molar-refractivity contribution is 1.04. The van der Waals surface area contributed by atoms with Gasteiger partial charge in [0, 0.05) is 28.6 Å². The summed E-state index contributed by atoms with van der Waals surface area (Å²) in [7, 11) is 0. The summed E-state index contributed by atoms with van der Waals surface area (Å²) in [6.07, 6.45) is 7.31. The van der Waals surface area contributed by atoms with Gasteiger partial charge in [-0.2, -0.15) is 0 Å². The molecule has 0 fully saturated rings. The first-order valence-electron chi connectivity index (χ1n) is 9.97. The number of nitrogen functional groups attached to an aromatic ring is 1. The summed E-state index contributed by atoms with van der Waals surface area (Å²) >= 11 is 0. The summed E-state index contributed by atoms with van der Waals surface area (Å²) in [5, 5.41) is 3.46. The molecule has 0 saturated heterocycles. The summed E-state index contributed by atoms with van der Waals surface area (Å²) in [6.45, 7) is 7.94. The third-order valence-corrected chi connectivity index (χ3v) is 5.30. The van der Waals surface area contributed by atoms with Gasteiger partial charge in [-0.1, -0.05) is 55.7 Å². The first-order valence-corrected chi connectivity index (χ1v) is 9.97. The molecule has 0 bridgehead atoms. The van der Waals surface area contributed by atoms with Crippen molar-refractivity contribution in [3.05, 3.63) is 104 Å². The summed E-state index contributed by atoms with van der Waals surface area (Å²) in [5.41, 5.74) is 13.1. The maximum Gasteiger partial charge on any atom is 0.154 e. The van der Waals surface area contributed by atoms with Crippen molar-refractivity contribution in [2.24, 2.45) is 0 Å². The number of imidazole rings is 1.